The van der Waals surface area contributed by atoms with E-state index in [-0.39, 0.29) is 0 Å². The van der Waals surface area contributed by atoms with Gasteiger partial charge in [0.15, 0.2) is 5.54 Å². The van der Waals surface area contributed by atoms with Crippen LogP contribution in [0.4, 0.5) is 0 Å². The first-order valence-corrected chi connectivity index (χ1v) is 15.0. The molecule has 3 aromatic heterocycles. The van der Waals surface area contributed by atoms with Crippen molar-refractivity contribution < 1.29 is 4.57 Å². The average Bonchev–Trinajstić information content (AvgIpc) is 3.49. The topological polar surface area (TPSA) is 34.6 Å². The van der Waals surface area contributed by atoms with E-state index in [9.17, 15) is 0 Å². The van der Waals surface area contributed by atoms with E-state index in [4.69, 9.17) is 4.98 Å². The van der Waals surface area contributed by atoms with Crippen molar-refractivity contribution in [1.29, 1.82) is 0 Å². The fraction of sp³-hybridized carbons (Fsp3) is 0.0750. The largest absolute Gasteiger partial charge is 0.255 e. The van der Waals surface area contributed by atoms with Crippen molar-refractivity contribution in [2.45, 2.75) is 18.5 Å². The van der Waals surface area contributed by atoms with Gasteiger partial charge in [-0.05, 0) is 23.8 Å². The Kier molecular flexibility index (Phi) is 7.63. The molecule has 7 aromatic rings. The Morgan fingerprint density at radius 3 is 1.59 bits per heavy atom. The zero-order chi connectivity index (χ0) is 29.6. The zero-order valence-corrected chi connectivity index (χ0v) is 24.4. The number of rotatable bonds is 9. The van der Waals surface area contributed by atoms with Crippen LogP contribution in [0.5, 0.6) is 0 Å². The van der Waals surface area contributed by atoms with Crippen molar-refractivity contribution in [1.82, 2.24) is 14.5 Å². The molecule has 212 valence electrons. The molecule has 0 fully saturated rings. The van der Waals surface area contributed by atoms with Crippen LogP contribution in [0.3, 0.4) is 0 Å². The van der Waals surface area contributed by atoms with E-state index in [1.54, 1.807) is 6.20 Å². The lowest BCUT2D eigenvalue weighted by Crippen LogP contribution is -2.57. The van der Waals surface area contributed by atoms with E-state index in [1.165, 1.54) is 27.9 Å². The van der Waals surface area contributed by atoms with Gasteiger partial charge in [-0.3, -0.25) is 9.97 Å². The molecule has 0 atom stereocenters. The van der Waals surface area contributed by atoms with E-state index < -0.39 is 5.54 Å². The van der Waals surface area contributed by atoms with Crippen molar-refractivity contribution in [3.63, 3.8) is 0 Å². The van der Waals surface area contributed by atoms with Crippen molar-refractivity contribution in [2.75, 3.05) is 0 Å². The Morgan fingerprint density at radius 1 is 0.523 bits per heavy atom. The summed E-state index contributed by atoms with van der Waals surface area (Å²) in [5, 5.41) is 0. The summed E-state index contributed by atoms with van der Waals surface area (Å²) in [6, 6.07) is 53.3. The van der Waals surface area contributed by atoms with Crippen LogP contribution >= 0.6 is 0 Å². The van der Waals surface area contributed by atoms with Gasteiger partial charge >= 0.3 is 0 Å². The maximum atomic E-state index is 4.77. The summed E-state index contributed by atoms with van der Waals surface area (Å²) in [7, 11) is 0. The lowest BCUT2D eigenvalue weighted by molar-refractivity contribution is -0.734. The predicted molar refractivity (Wildman–Crippen MR) is 175 cm³/mol. The van der Waals surface area contributed by atoms with Crippen LogP contribution in [0.15, 0.2) is 177 Å². The standard InChI is InChI=1S/C40H33N4/c1-5-15-32(16-6-1)27-37-30-44(31-43(37)29-33-24-25-39(42-28-33)38-23-13-14-26-41-38)40(34-17-7-2-8-18-34,35-19-9-3-10-20-35)36-21-11-4-12-22-36/h1-26,28,30-31H,27,29H2/q+1. The first-order chi connectivity index (χ1) is 21.8. The monoisotopic (exact) mass is 569 g/mol. The molecule has 0 spiro atoms. The molecule has 0 unspecified atom stereocenters. The summed E-state index contributed by atoms with van der Waals surface area (Å²) in [4.78, 5) is 9.24. The average molecular weight is 570 g/mol. The number of hydrogen-bond donors (Lipinski definition) is 0. The van der Waals surface area contributed by atoms with Crippen molar-refractivity contribution in [2.24, 2.45) is 0 Å². The molecule has 3 heterocycles. The van der Waals surface area contributed by atoms with Gasteiger partial charge < -0.3 is 0 Å². The van der Waals surface area contributed by atoms with E-state index in [1.807, 2.05) is 24.4 Å². The molecular formula is C40H33N4+. The second kappa shape index (κ2) is 12.3. The van der Waals surface area contributed by atoms with E-state index in [0.717, 1.165) is 23.4 Å². The number of hydrogen-bond acceptors (Lipinski definition) is 2. The first-order valence-electron chi connectivity index (χ1n) is 15.0. The van der Waals surface area contributed by atoms with Gasteiger partial charge in [0.2, 0.25) is 6.33 Å². The van der Waals surface area contributed by atoms with E-state index >= 15 is 0 Å². The van der Waals surface area contributed by atoms with Crippen LogP contribution in [0.2, 0.25) is 0 Å². The van der Waals surface area contributed by atoms with Crippen molar-refractivity contribution in [3.05, 3.63) is 210 Å². The van der Waals surface area contributed by atoms with Crippen LogP contribution in [-0.2, 0) is 18.5 Å². The molecule has 0 saturated heterocycles. The molecular weight excluding hydrogens is 536 g/mol. The minimum atomic E-state index is -0.582. The lowest BCUT2D eigenvalue weighted by atomic mass is 9.77. The van der Waals surface area contributed by atoms with Crippen molar-refractivity contribution in [3.8, 4) is 11.4 Å². The molecule has 0 saturated carbocycles. The Morgan fingerprint density at radius 2 is 1.07 bits per heavy atom. The molecule has 0 radical (unpaired) electrons. The highest BCUT2D eigenvalue weighted by Crippen LogP contribution is 2.36. The van der Waals surface area contributed by atoms with Crippen LogP contribution < -0.4 is 4.57 Å². The van der Waals surface area contributed by atoms with E-state index in [2.05, 4.69) is 160 Å². The Balaban J connectivity index is 1.39. The fourth-order valence-corrected chi connectivity index (χ4v) is 6.14. The third kappa shape index (κ3) is 5.34. The molecule has 0 amide bonds. The maximum absolute atomic E-state index is 4.77. The Hall–Kier alpha value is -5.61. The van der Waals surface area contributed by atoms with Gasteiger partial charge in [-0.25, -0.2) is 9.13 Å². The van der Waals surface area contributed by atoms with Gasteiger partial charge in [0.05, 0.1) is 11.4 Å². The summed E-state index contributed by atoms with van der Waals surface area (Å²) in [6.45, 7) is 0.694. The summed E-state index contributed by atoms with van der Waals surface area (Å²) < 4.78 is 4.77. The number of imidazole rings is 1. The van der Waals surface area contributed by atoms with Crippen LogP contribution in [0, 0.1) is 0 Å². The number of pyridine rings is 2. The second-order valence-electron chi connectivity index (χ2n) is 11.0. The van der Waals surface area contributed by atoms with Crippen LogP contribution in [0.25, 0.3) is 11.4 Å². The molecule has 4 nitrogen and oxygen atoms in total. The molecule has 44 heavy (non-hydrogen) atoms. The molecule has 0 aliphatic rings. The number of nitrogens with zero attached hydrogens (tertiary/aromatic N) is 4. The summed E-state index contributed by atoms with van der Waals surface area (Å²) in [5.74, 6) is 0. The molecule has 0 aliphatic heterocycles. The first kappa shape index (κ1) is 27.2. The van der Waals surface area contributed by atoms with Gasteiger partial charge in [0.25, 0.3) is 0 Å². The zero-order valence-electron chi connectivity index (χ0n) is 24.4. The van der Waals surface area contributed by atoms with Gasteiger partial charge in [0.1, 0.15) is 18.4 Å². The minimum absolute atomic E-state index is 0.582. The predicted octanol–water partition coefficient (Wildman–Crippen LogP) is 7.71. The van der Waals surface area contributed by atoms with E-state index in [0.29, 0.717) is 6.54 Å². The lowest BCUT2D eigenvalue weighted by Gasteiger charge is -2.32. The molecule has 4 aromatic carbocycles. The third-order valence-corrected chi connectivity index (χ3v) is 8.22. The molecule has 0 bridgehead atoms. The van der Waals surface area contributed by atoms with Gasteiger partial charge in [-0.1, -0.05) is 133 Å². The quantitative estimate of drug-likeness (QED) is 0.132. The molecule has 4 heteroatoms. The minimum Gasteiger partial charge on any atom is -0.255 e. The highest BCUT2D eigenvalue weighted by atomic mass is 15.2. The summed E-state index contributed by atoms with van der Waals surface area (Å²) in [5.41, 5.74) is 8.39. The Bertz CT molecular complexity index is 1820. The highest BCUT2D eigenvalue weighted by molar-refractivity contribution is 5.53. The molecule has 7 rings (SSSR count). The van der Waals surface area contributed by atoms with Gasteiger partial charge in [-0.15, -0.1) is 0 Å². The SMILES string of the molecule is c1ccc(Cc2c[n+](C(c3ccccc3)(c3ccccc3)c3ccccc3)cn2Cc2ccc(-c3ccccn3)nc2)cc1. The van der Waals surface area contributed by atoms with Crippen LogP contribution in [0.1, 0.15) is 33.5 Å². The molecule has 0 N–H and O–H groups in total. The maximum Gasteiger partial charge on any atom is 0.245 e. The second-order valence-corrected chi connectivity index (χ2v) is 11.0. The fourth-order valence-electron chi connectivity index (χ4n) is 6.14. The van der Waals surface area contributed by atoms with Gasteiger partial charge in [-0.2, -0.15) is 0 Å². The number of benzene rings is 4. The number of aromatic nitrogens is 4. The summed E-state index contributed by atoms with van der Waals surface area (Å²) in [6.07, 6.45) is 9.19. The summed E-state index contributed by atoms with van der Waals surface area (Å²) >= 11 is 0. The highest BCUT2D eigenvalue weighted by Gasteiger charge is 2.43. The molecule has 0 aliphatic carbocycles. The normalized spacial score (nSPS) is 11.4. The van der Waals surface area contributed by atoms with Crippen molar-refractivity contribution >= 4 is 0 Å². The Labute approximate surface area is 258 Å². The van der Waals surface area contributed by atoms with Crippen LogP contribution in [-0.4, -0.2) is 14.5 Å². The third-order valence-electron chi connectivity index (χ3n) is 8.22. The smallest absolute Gasteiger partial charge is 0.245 e. The van der Waals surface area contributed by atoms with Gasteiger partial charge in [0, 0.05) is 41.1 Å².